The van der Waals surface area contributed by atoms with E-state index >= 15 is 0 Å². The van der Waals surface area contributed by atoms with Gasteiger partial charge in [-0.1, -0.05) is 11.6 Å². The van der Waals surface area contributed by atoms with Crippen molar-refractivity contribution in [2.75, 3.05) is 13.2 Å². The van der Waals surface area contributed by atoms with Gasteiger partial charge in [0.25, 0.3) is 0 Å². The summed E-state index contributed by atoms with van der Waals surface area (Å²) in [5, 5.41) is 9.51. The van der Waals surface area contributed by atoms with Gasteiger partial charge in [-0.3, -0.25) is 4.79 Å². The van der Waals surface area contributed by atoms with Gasteiger partial charge in [0.15, 0.2) is 5.78 Å². The number of ether oxygens (including phenoxy) is 2. The van der Waals surface area contributed by atoms with Crippen LogP contribution in [0.4, 0.5) is 0 Å². The lowest BCUT2D eigenvalue weighted by atomic mass is 10.0. The molecule has 1 unspecified atom stereocenters. The molecular formula is C14H15ClO5. The van der Waals surface area contributed by atoms with Crippen LogP contribution in [0.5, 0.6) is 5.75 Å². The lowest BCUT2D eigenvalue weighted by Crippen LogP contribution is -2.33. The summed E-state index contributed by atoms with van der Waals surface area (Å²) < 4.78 is 10.2. The summed E-state index contributed by atoms with van der Waals surface area (Å²) in [7, 11) is 0. The number of carbonyl (C=O) groups is 2. The minimum absolute atomic E-state index is 0.0115. The number of carboxylic acids is 1. The highest BCUT2D eigenvalue weighted by atomic mass is 35.5. The van der Waals surface area contributed by atoms with Crippen molar-refractivity contribution in [3.05, 3.63) is 29.3 Å². The molecule has 1 aromatic carbocycles. The lowest BCUT2D eigenvalue weighted by molar-refractivity contribution is -0.148. The van der Waals surface area contributed by atoms with E-state index < -0.39 is 11.6 Å². The molecule has 1 heterocycles. The summed E-state index contributed by atoms with van der Waals surface area (Å²) in [6.07, 6.45) is 1.44. The van der Waals surface area contributed by atoms with Crippen molar-refractivity contribution >= 4 is 23.4 Å². The third-order valence-electron chi connectivity index (χ3n) is 3.11. The zero-order valence-electron chi connectivity index (χ0n) is 10.8. The van der Waals surface area contributed by atoms with E-state index in [1.54, 1.807) is 24.3 Å². The Morgan fingerprint density at radius 2 is 1.95 bits per heavy atom. The smallest absolute Gasteiger partial charge is 0.346 e. The number of carbonyl (C=O) groups excluding carboxylic acids is 1. The molecule has 1 atom stereocenters. The van der Waals surface area contributed by atoms with Gasteiger partial charge in [-0.25, -0.2) is 4.79 Å². The molecule has 2 rings (SSSR count). The predicted molar refractivity (Wildman–Crippen MR) is 72.1 cm³/mol. The van der Waals surface area contributed by atoms with Crippen LogP contribution in [0.3, 0.4) is 0 Å². The number of hydrogen-bond donors (Lipinski definition) is 1. The first-order valence-corrected chi connectivity index (χ1v) is 6.71. The predicted octanol–water partition coefficient (Wildman–Crippen LogP) is 2.31. The Hall–Kier alpha value is -1.59. The van der Waals surface area contributed by atoms with E-state index in [1.165, 1.54) is 0 Å². The standard InChI is InChI=1S/C14H15ClO5/c15-10-4-6-11(7-5-10)19-8-2-1-3-12(16)14(9-20-14)13(17)18/h4-7H,1-3,8-9H2,(H,17,18). The first kappa shape index (κ1) is 14.8. The summed E-state index contributed by atoms with van der Waals surface area (Å²) >= 11 is 5.75. The molecule has 6 heteroatoms. The van der Waals surface area contributed by atoms with Crippen LogP contribution < -0.4 is 4.74 Å². The van der Waals surface area contributed by atoms with Crippen LogP contribution >= 0.6 is 11.6 Å². The van der Waals surface area contributed by atoms with Crippen LogP contribution in [0.25, 0.3) is 0 Å². The van der Waals surface area contributed by atoms with Gasteiger partial charge in [-0.2, -0.15) is 0 Å². The number of Topliss-reactive ketones (excluding diaryl/α,β-unsaturated/α-hetero) is 1. The molecule has 1 saturated heterocycles. The minimum atomic E-state index is -1.56. The van der Waals surface area contributed by atoms with E-state index in [0.717, 1.165) is 0 Å². The van der Waals surface area contributed by atoms with Crippen molar-refractivity contribution in [3.63, 3.8) is 0 Å². The van der Waals surface area contributed by atoms with E-state index in [0.29, 0.717) is 30.2 Å². The number of aliphatic carboxylic acids is 1. The van der Waals surface area contributed by atoms with Crippen molar-refractivity contribution in [1.82, 2.24) is 0 Å². The van der Waals surface area contributed by atoms with Gasteiger partial charge < -0.3 is 14.6 Å². The molecule has 1 aliphatic rings. The molecule has 0 spiro atoms. The normalized spacial score (nSPS) is 20.4. The Morgan fingerprint density at radius 1 is 1.30 bits per heavy atom. The van der Waals surface area contributed by atoms with Crippen LogP contribution in [-0.4, -0.2) is 35.7 Å². The third kappa shape index (κ3) is 3.49. The Bertz CT molecular complexity index is 493. The van der Waals surface area contributed by atoms with E-state index in [-0.39, 0.29) is 18.8 Å². The van der Waals surface area contributed by atoms with E-state index in [9.17, 15) is 9.59 Å². The summed E-state index contributed by atoms with van der Waals surface area (Å²) in [6, 6.07) is 7.01. The summed E-state index contributed by atoms with van der Waals surface area (Å²) in [5.41, 5.74) is -1.56. The first-order valence-electron chi connectivity index (χ1n) is 6.33. The zero-order valence-corrected chi connectivity index (χ0v) is 11.6. The van der Waals surface area contributed by atoms with Crippen LogP contribution in [0.15, 0.2) is 24.3 Å². The van der Waals surface area contributed by atoms with Crippen molar-refractivity contribution in [2.24, 2.45) is 0 Å². The summed E-state index contributed by atoms with van der Waals surface area (Å²) in [6.45, 7) is 0.457. The highest BCUT2D eigenvalue weighted by molar-refractivity contribution is 6.30. The Morgan fingerprint density at radius 3 is 2.50 bits per heavy atom. The fourth-order valence-corrected chi connectivity index (χ4v) is 1.91. The molecule has 1 aliphatic heterocycles. The quantitative estimate of drug-likeness (QED) is 0.453. The molecule has 0 saturated carbocycles. The maximum atomic E-state index is 11.7. The monoisotopic (exact) mass is 298 g/mol. The van der Waals surface area contributed by atoms with Crippen LogP contribution in [0.2, 0.25) is 5.02 Å². The molecule has 0 aromatic heterocycles. The molecular weight excluding hydrogens is 284 g/mol. The van der Waals surface area contributed by atoms with Crippen molar-refractivity contribution in [3.8, 4) is 5.75 Å². The molecule has 108 valence electrons. The van der Waals surface area contributed by atoms with E-state index in [4.69, 9.17) is 26.2 Å². The van der Waals surface area contributed by atoms with Crippen molar-refractivity contribution in [1.29, 1.82) is 0 Å². The second-order valence-electron chi connectivity index (χ2n) is 4.60. The van der Waals surface area contributed by atoms with Gasteiger partial charge in [-0.05, 0) is 37.1 Å². The maximum Gasteiger partial charge on any atom is 0.346 e. The molecule has 0 aliphatic carbocycles. The van der Waals surface area contributed by atoms with Crippen LogP contribution in [0.1, 0.15) is 19.3 Å². The Balaban J connectivity index is 1.64. The van der Waals surface area contributed by atoms with Crippen molar-refractivity contribution in [2.45, 2.75) is 24.9 Å². The van der Waals surface area contributed by atoms with Gasteiger partial charge in [0.05, 0.1) is 13.2 Å². The largest absolute Gasteiger partial charge is 0.494 e. The molecule has 1 aromatic rings. The lowest BCUT2D eigenvalue weighted by Gasteiger charge is -2.07. The number of unbranched alkanes of at least 4 members (excludes halogenated alkanes) is 1. The van der Waals surface area contributed by atoms with Gasteiger partial charge in [0.2, 0.25) is 5.60 Å². The number of ketones is 1. The first-order chi connectivity index (χ1) is 9.54. The highest BCUT2D eigenvalue weighted by Crippen LogP contribution is 2.30. The Kier molecular flexibility index (Phi) is 4.62. The van der Waals surface area contributed by atoms with Crippen LogP contribution in [-0.2, 0) is 14.3 Å². The number of rotatable bonds is 8. The molecule has 0 radical (unpaired) electrons. The van der Waals surface area contributed by atoms with E-state index in [2.05, 4.69) is 0 Å². The highest BCUT2D eigenvalue weighted by Gasteiger charge is 2.58. The fourth-order valence-electron chi connectivity index (χ4n) is 1.79. The maximum absolute atomic E-state index is 11.7. The molecule has 5 nitrogen and oxygen atoms in total. The van der Waals surface area contributed by atoms with Crippen LogP contribution in [0, 0.1) is 0 Å². The Labute approximate surface area is 121 Å². The number of halogens is 1. The second kappa shape index (κ2) is 6.24. The van der Waals surface area contributed by atoms with Crippen molar-refractivity contribution < 1.29 is 24.2 Å². The van der Waals surface area contributed by atoms with Gasteiger partial charge in [0.1, 0.15) is 5.75 Å². The SMILES string of the molecule is O=C(O)C1(C(=O)CCCCOc2ccc(Cl)cc2)CO1. The second-order valence-corrected chi connectivity index (χ2v) is 5.04. The number of hydrogen-bond acceptors (Lipinski definition) is 4. The molecule has 0 bridgehead atoms. The molecule has 1 N–H and O–H groups in total. The third-order valence-corrected chi connectivity index (χ3v) is 3.36. The number of benzene rings is 1. The number of carboxylic acid groups (broad SMARTS) is 1. The summed E-state index contributed by atoms with van der Waals surface area (Å²) in [4.78, 5) is 22.5. The summed E-state index contributed by atoms with van der Waals surface area (Å²) in [5.74, 6) is -0.843. The average Bonchev–Trinajstić information content (AvgIpc) is 3.22. The van der Waals surface area contributed by atoms with E-state index in [1.807, 2.05) is 0 Å². The molecule has 1 fully saturated rings. The molecule has 20 heavy (non-hydrogen) atoms. The minimum Gasteiger partial charge on any atom is -0.494 e. The topological polar surface area (TPSA) is 76.1 Å². The zero-order chi connectivity index (χ0) is 14.6. The molecule has 0 amide bonds. The van der Waals surface area contributed by atoms with Gasteiger partial charge >= 0.3 is 5.97 Å². The van der Waals surface area contributed by atoms with Gasteiger partial charge in [0, 0.05) is 11.4 Å². The number of epoxide rings is 1. The fraction of sp³-hybridized carbons (Fsp3) is 0.429. The van der Waals surface area contributed by atoms with Gasteiger partial charge in [-0.15, -0.1) is 0 Å². The average molecular weight is 299 g/mol.